The molecule has 1 heterocycles. The summed E-state index contributed by atoms with van der Waals surface area (Å²) in [6.07, 6.45) is 0. The van der Waals surface area contributed by atoms with Gasteiger partial charge < -0.3 is 5.32 Å². The number of amides is 1. The number of anilines is 1. The van der Waals surface area contributed by atoms with Crippen LogP contribution in [0.4, 0.5) is 10.1 Å². The van der Waals surface area contributed by atoms with Crippen molar-refractivity contribution in [3.8, 4) is 0 Å². The van der Waals surface area contributed by atoms with Gasteiger partial charge in [-0.2, -0.15) is 0 Å². The lowest BCUT2D eigenvalue weighted by Crippen LogP contribution is -2.32. The van der Waals surface area contributed by atoms with E-state index in [4.69, 9.17) is 0 Å². The van der Waals surface area contributed by atoms with E-state index in [9.17, 15) is 9.18 Å². The predicted octanol–water partition coefficient (Wildman–Crippen LogP) is 3.20. The highest BCUT2D eigenvalue weighted by atomic mass is 32.2. The van der Waals surface area contributed by atoms with E-state index in [-0.39, 0.29) is 22.9 Å². The molecule has 0 bridgehead atoms. The predicted molar refractivity (Wildman–Crippen MR) is 64.2 cm³/mol. The number of halogens is 1. The van der Waals surface area contributed by atoms with Gasteiger partial charge in [-0.25, -0.2) is 4.39 Å². The minimum absolute atomic E-state index is 0.0317. The largest absolute Gasteiger partial charge is 0.324 e. The first kappa shape index (κ1) is 11.5. The number of rotatable bonds is 1. The number of hydrogen-bond donors (Lipinski definition) is 1. The lowest BCUT2D eigenvalue weighted by molar-refractivity contribution is -0.116. The summed E-state index contributed by atoms with van der Waals surface area (Å²) in [7, 11) is 0. The number of carbonyl (C=O) groups excluding carboxylic acids is 1. The summed E-state index contributed by atoms with van der Waals surface area (Å²) < 4.78 is 13.3. The Morgan fingerprint density at radius 3 is 2.75 bits per heavy atom. The molecule has 16 heavy (non-hydrogen) atoms. The number of fused-ring (bicyclic) bond motifs is 1. The first-order valence-corrected chi connectivity index (χ1v) is 6.14. The lowest BCUT2D eigenvalue weighted by Gasteiger charge is -2.26. The van der Waals surface area contributed by atoms with Crippen molar-refractivity contribution in [2.24, 2.45) is 5.92 Å². The molecule has 1 amide bonds. The van der Waals surface area contributed by atoms with Crippen molar-refractivity contribution in [1.29, 1.82) is 0 Å². The molecule has 2 nitrogen and oxygen atoms in total. The zero-order chi connectivity index (χ0) is 11.9. The van der Waals surface area contributed by atoms with E-state index in [1.165, 1.54) is 17.8 Å². The third-order valence-electron chi connectivity index (χ3n) is 2.64. The summed E-state index contributed by atoms with van der Waals surface area (Å²) in [6.45, 7) is 5.76. The number of benzene rings is 1. The smallest absolute Gasteiger partial charge is 0.238 e. The van der Waals surface area contributed by atoms with E-state index in [2.05, 4.69) is 5.32 Å². The highest BCUT2D eigenvalue weighted by Crippen LogP contribution is 2.39. The maximum atomic E-state index is 13.3. The molecule has 1 aromatic rings. The maximum absolute atomic E-state index is 13.3. The average molecular weight is 239 g/mol. The highest BCUT2D eigenvalue weighted by molar-refractivity contribution is 8.01. The molecule has 0 aromatic heterocycles. The van der Waals surface area contributed by atoms with Crippen LogP contribution in [-0.2, 0) is 4.79 Å². The SMILES string of the molecule is Cc1cc2c(cc1F)NC(=O)C(C(C)C)S2. The van der Waals surface area contributed by atoms with E-state index < -0.39 is 0 Å². The molecule has 1 atom stereocenters. The second-order valence-electron chi connectivity index (χ2n) is 4.37. The van der Waals surface area contributed by atoms with Crippen LogP contribution in [0, 0.1) is 18.7 Å². The molecule has 4 heteroatoms. The summed E-state index contributed by atoms with van der Waals surface area (Å²) in [4.78, 5) is 12.7. The number of carbonyl (C=O) groups is 1. The van der Waals surface area contributed by atoms with E-state index in [1.807, 2.05) is 13.8 Å². The molecular weight excluding hydrogens is 225 g/mol. The molecule has 1 aliphatic heterocycles. The monoisotopic (exact) mass is 239 g/mol. The van der Waals surface area contributed by atoms with Gasteiger partial charge in [-0.05, 0) is 30.5 Å². The molecule has 0 aliphatic carbocycles. The van der Waals surface area contributed by atoms with Gasteiger partial charge in [0, 0.05) is 4.90 Å². The summed E-state index contributed by atoms with van der Waals surface area (Å²) in [5.74, 6) is -0.0399. The van der Waals surface area contributed by atoms with Gasteiger partial charge in [-0.15, -0.1) is 11.8 Å². The van der Waals surface area contributed by atoms with E-state index in [0.717, 1.165) is 4.90 Å². The zero-order valence-corrected chi connectivity index (χ0v) is 10.3. The fourth-order valence-electron chi connectivity index (χ4n) is 1.68. The van der Waals surface area contributed by atoms with Crippen molar-refractivity contribution in [1.82, 2.24) is 0 Å². The molecule has 0 saturated carbocycles. The van der Waals surface area contributed by atoms with Gasteiger partial charge in [0.25, 0.3) is 0 Å². The topological polar surface area (TPSA) is 29.1 Å². The Morgan fingerprint density at radius 2 is 2.12 bits per heavy atom. The van der Waals surface area contributed by atoms with Crippen LogP contribution in [-0.4, -0.2) is 11.2 Å². The van der Waals surface area contributed by atoms with Gasteiger partial charge in [0.15, 0.2) is 0 Å². The van der Waals surface area contributed by atoms with Crippen LogP contribution in [0.25, 0.3) is 0 Å². The van der Waals surface area contributed by atoms with Gasteiger partial charge in [0.1, 0.15) is 5.82 Å². The minimum Gasteiger partial charge on any atom is -0.324 e. The molecule has 1 aliphatic rings. The van der Waals surface area contributed by atoms with Crippen molar-refractivity contribution in [2.45, 2.75) is 30.9 Å². The lowest BCUT2D eigenvalue weighted by atomic mass is 10.1. The quantitative estimate of drug-likeness (QED) is 0.815. The standard InChI is InChI=1S/C12H14FNOS/c1-6(2)11-12(15)14-9-5-8(13)7(3)4-10(9)16-11/h4-6,11H,1-3H3,(H,14,15). The van der Waals surface area contributed by atoms with Crippen LogP contribution in [0.2, 0.25) is 0 Å². The van der Waals surface area contributed by atoms with Crippen LogP contribution in [0.15, 0.2) is 17.0 Å². The molecule has 0 radical (unpaired) electrons. The number of aryl methyl sites for hydroxylation is 1. The maximum Gasteiger partial charge on any atom is 0.238 e. The highest BCUT2D eigenvalue weighted by Gasteiger charge is 2.29. The van der Waals surface area contributed by atoms with Crippen molar-refractivity contribution < 1.29 is 9.18 Å². The summed E-state index contributed by atoms with van der Waals surface area (Å²) in [5, 5.41) is 2.67. The van der Waals surface area contributed by atoms with Crippen molar-refractivity contribution in [2.75, 3.05) is 5.32 Å². The van der Waals surface area contributed by atoms with Gasteiger partial charge in [0.05, 0.1) is 10.9 Å². The fraction of sp³-hybridized carbons (Fsp3) is 0.417. The zero-order valence-electron chi connectivity index (χ0n) is 9.50. The molecule has 1 N–H and O–H groups in total. The van der Waals surface area contributed by atoms with Gasteiger partial charge >= 0.3 is 0 Å². The Hall–Kier alpha value is -1.03. The Bertz CT molecular complexity index is 445. The first-order valence-electron chi connectivity index (χ1n) is 5.26. The van der Waals surface area contributed by atoms with Crippen LogP contribution < -0.4 is 5.32 Å². The number of hydrogen-bond acceptors (Lipinski definition) is 2. The molecule has 2 rings (SSSR count). The third kappa shape index (κ3) is 1.94. The van der Waals surface area contributed by atoms with Crippen LogP contribution in [0.1, 0.15) is 19.4 Å². The van der Waals surface area contributed by atoms with Gasteiger partial charge in [-0.3, -0.25) is 4.79 Å². The van der Waals surface area contributed by atoms with E-state index >= 15 is 0 Å². The Labute approximate surface area is 98.6 Å². The first-order chi connectivity index (χ1) is 7.49. The summed E-state index contributed by atoms with van der Waals surface area (Å²) in [6, 6.07) is 3.19. The van der Waals surface area contributed by atoms with Crippen LogP contribution >= 0.6 is 11.8 Å². The second-order valence-corrected chi connectivity index (χ2v) is 5.55. The molecule has 0 saturated heterocycles. The second kappa shape index (κ2) is 4.09. The number of nitrogens with one attached hydrogen (secondary N) is 1. The molecule has 1 aromatic carbocycles. The Kier molecular flexibility index (Phi) is 2.93. The van der Waals surface area contributed by atoms with Crippen LogP contribution in [0.3, 0.4) is 0 Å². The molecule has 0 spiro atoms. The molecule has 1 unspecified atom stereocenters. The summed E-state index contributed by atoms with van der Waals surface area (Å²) >= 11 is 1.52. The Balaban J connectivity index is 2.39. The van der Waals surface area contributed by atoms with Gasteiger partial charge in [0.2, 0.25) is 5.91 Å². The average Bonchev–Trinajstić information content (AvgIpc) is 2.19. The van der Waals surface area contributed by atoms with Crippen molar-refractivity contribution in [3.63, 3.8) is 0 Å². The van der Waals surface area contributed by atoms with Crippen molar-refractivity contribution >= 4 is 23.4 Å². The van der Waals surface area contributed by atoms with Crippen molar-refractivity contribution in [3.05, 3.63) is 23.5 Å². The molecule has 0 fully saturated rings. The third-order valence-corrected chi connectivity index (χ3v) is 4.24. The number of thioether (sulfide) groups is 1. The van der Waals surface area contributed by atoms with Gasteiger partial charge in [-0.1, -0.05) is 13.8 Å². The van der Waals surface area contributed by atoms with E-state index in [1.54, 1.807) is 13.0 Å². The van der Waals surface area contributed by atoms with Crippen LogP contribution in [0.5, 0.6) is 0 Å². The molecular formula is C12H14FNOS. The van der Waals surface area contributed by atoms with E-state index in [0.29, 0.717) is 11.3 Å². The molecule has 86 valence electrons. The fourth-order valence-corrected chi connectivity index (χ4v) is 2.88. The Morgan fingerprint density at radius 1 is 1.44 bits per heavy atom. The normalized spacial score (nSPS) is 19.6. The minimum atomic E-state index is -0.275. The summed E-state index contributed by atoms with van der Waals surface area (Å²) in [5.41, 5.74) is 1.21.